The molecule has 2 rings (SSSR count). The zero-order valence-corrected chi connectivity index (χ0v) is 20.9. The van der Waals surface area contributed by atoms with Gasteiger partial charge in [0.05, 0.1) is 13.2 Å². The van der Waals surface area contributed by atoms with E-state index < -0.39 is 0 Å². The number of guanidine groups is 1. The van der Waals surface area contributed by atoms with E-state index in [0.717, 1.165) is 51.0 Å². The fraction of sp³-hybridized carbons (Fsp3) is 0.667. The smallest absolute Gasteiger partial charge is 0.191 e. The minimum absolute atomic E-state index is 0. The highest BCUT2D eigenvalue weighted by Gasteiger charge is 2.19. The first-order valence-electron chi connectivity index (χ1n) is 10.3. The van der Waals surface area contributed by atoms with E-state index in [1.54, 1.807) is 7.11 Å². The molecular weight excluding hydrogens is 503 g/mol. The summed E-state index contributed by atoms with van der Waals surface area (Å²) in [7, 11) is 1.76. The van der Waals surface area contributed by atoms with Gasteiger partial charge in [0.1, 0.15) is 11.9 Å². The first-order valence-corrected chi connectivity index (χ1v) is 10.6. The molecule has 1 atom stereocenters. The Kier molecular flexibility index (Phi) is 13.7. The number of rotatable bonds is 10. The van der Waals surface area contributed by atoms with Gasteiger partial charge in [0.2, 0.25) is 0 Å². The first kappa shape index (κ1) is 26.3. The normalized spacial score (nSPS) is 16.8. The van der Waals surface area contributed by atoms with Crippen molar-refractivity contribution >= 4 is 41.5 Å². The van der Waals surface area contributed by atoms with Crippen LogP contribution in [0.2, 0.25) is 5.02 Å². The molecule has 1 aromatic rings. The van der Waals surface area contributed by atoms with Gasteiger partial charge in [0.25, 0.3) is 0 Å². The van der Waals surface area contributed by atoms with Gasteiger partial charge >= 0.3 is 0 Å². The van der Waals surface area contributed by atoms with E-state index in [4.69, 9.17) is 21.1 Å². The van der Waals surface area contributed by atoms with Crippen LogP contribution in [-0.4, -0.2) is 69.9 Å². The summed E-state index contributed by atoms with van der Waals surface area (Å²) >= 11 is 5.91. The van der Waals surface area contributed by atoms with E-state index in [1.807, 2.05) is 31.2 Å². The van der Waals surface area contributed by atoms with Crippen molar-refractivity contribution in [2.75, 3.05) is 53.0 Å². The molecule has 0 amide bonds. The topological polar surface area (TPSA) is 58.1 Å². The van der Waals surface area contributed by atoms with Crippen molar-refractivity contribution in [1.82, 2.24) is 15.5 Å². The summed E-state index contributed by atoms with van der Waals surface area (Å²) in [6, 6.07) is 7.42. The van der Waals surface area contributed by atoms with Crippen molar-refractivity contribution in [3.05, 3.63) is 29.3 Å². The van der Waals surface area contributed by atoms with Crippen LogP contribution in [0.3, 0.4) is 0 Å². The molecule has 0 radical (unpaired) electrons. The van der Waals surface area contributed by atoms with Crippen LogP contribution in [0.5, 0.6) is 5.75 Å². The predicted octanol–water partition coefficient (Wildman–Crippen LogP) is 3.64. The standard InChI is InChI=1S/C21H35ClN4O2.HI/c1-4-23-21(24-15-17(2)28-20-7-5-19(22)6-8-20)25-16-18-9-11-26(12-10-18)13-14-27-3;/h5-8,17-18H,4,9-16H2,1-3H3,(H2,23,24,25);1H. The summed E-state index contributed by atoms with van der Waals surface area (Å²) < 4.78 is 11.1. The number of nitrogens with one attached hydrogen (secondary N) is 2. The Morgan fingerprint density at radius 1 is 1.24 bits per heavy atom. The molecule has 1 saturated heterocycles. The molecule has 1 unspecified atom stereocenters. The number of piperidine rings is 1. The van der Waals surface area contributed by atoms with E-state index in [9.17, 15) is 0 Å². The Hall–Kier alpha value is -0.770. The molecule has 0 saturated carbocycles. The molecular formula is C21H36ClIN4O2. The lowest BCUT2D eigenvalue weighted by Gasteiger charge is -2.32. The van der Waals surface area contributed by atoms with Gasteiger partial charge in [-0.05, 0) is 70.0 Å². The minimum atomic E-state index is -0.0133. The van der Waals surface area contributed by atoms with Gasteiger partial charge in [0, 0.05) is 31.8 Å². The third-order valence-corrected chi connectivity index (χ3v) is 5.13. The molecule has 8 heteroatoms. The molecule has 1 heterocycles. The van der Waals surface area contributed by atoms with Gasteiger partial charge in [-0.1, -0.05) is 11.6 Å². The molecule has 1 aliphatic heterocycles. The number of methoxy groups -OCH3 is 1. The van der Waals surface area contributed by atoms with E-state index >= 15 is 0 Å². The Morgan fingerprint density at radius 3 is 2.55 bits per heavy atom. The maximum absolute atomic E-state index is 5.91. The fourth-order valence-corrected chi connectivity index (χ4v) is 3.35. The van der Waals surface area contributed by atoms with Crippen LogP contribution >= 0.6 is 35.6 Å². The summed E-state index contributed by atoms with van der Waals surface area (Å²) in [4.78, 5) is 7.16. The summed E-state index contributed by atoms with van der Waals surface area (Å²) in [6.07, 6.45) is 2.42. The number of likely N-dealkylation sites (tertiary alicyclic amines) is 1. The predicted molar refractivity (Wildman–Crippen MR) is 132 cm³/mol. The summed E-state index contributed by atoms with van der Waals surface area (Å²) in [5, 5.41) is 7.53. The number of ether oxygens (including phenoxy) is 2. The number of aliphatic imine (C=N–C) groups is 1. The quantitative estimate of drug-likeness (QED) is 0.271. The Bertz CT molecular complexity index is 581. The SMILES string of the molecule is CCNC(=NCC(C)Oc1ccc(Cl)cc1)NCC1CCN(CCOC)CC1.I. The average Bonchev–Trinajstić information content (AvgIpc) is 2.71. The van der Waals surface area contributed by atoms with Crippen LogP contribution in [0.15, 0.2) is 29.3 Å². The Morgan fingerprint density at radius 2 is 1.93 bits per heavy atom. The van der Waals surface area contributed by atoms with E-state index in [1.165, 1.54) is 12.8 Å². The average molecular weight is 539 g/mol. The molecule has 0 bridgehead atoms. The Labute approximate surface area is 197 Å². The van der Waals surface area contributed by atoms with Crippen molar-refractivity contribution < 1.29 is 9.47 Å². The second-order valence-electron chi connectivity index (χ2n) is 7.26. The summed E-state index contributed by atoms with van der Waals surface area (Å²) in [6.45, 7) is 10.6. The second kappa shape index (κ2) is 15.1. The van der Waals surface area contributed by atoms with Gasteiger partial charge in [-0.25, -0.2) is 4.99 Å². The van der Waals surface area contributed by atoms with Crippen molar-refractivity contribution in [3.63, 3.8) is 0 Å². The largest absolute Gasteiger partial charge is 0.489 e. The van der Waals surface area contributed by atoms with E-state index in [-0.39, 0.29) is 30.1 Å². The lowest BCUT2D eigenvalue weighted by molar-refractivity contribution is 0.121. The lowest BCUT2D eigenvalue weighted by Crippen LogP contribution is -2.43. The maximum atomic E-state index is 5.91. The van der Waals surface area contributed by atoms with Crippen LogP contribution in [0.25, 0.3) is 0 Å². The number of hydrogen-bond donors (Lipinski definition) is 2. The van der Waals surface area contributed by atoms with Gasteiger partial charge in [-0.2, -0.15) is 0 Å². The van der Waals surface area contributed by atoms with Gasteiger partial charge in [0.15, 0.2) is 5.96 Å². The van der Waals surface area contributed by atoms with Crippen molar-refractivity contribution in [2.24, 2.45) is 10.9 Å². The summed E-state index contributed by atoms with van der Waals surface area (Å²) in [5.41, 5.74) is 0. The maximum Gasteiger partial charge on any atom is 0.191 e. The van der Waals surface area contributed by atoms with Crippen LogP contribution in [0, 0.1) is 5.92 Å². The first-order chi connectivity index (χ1) is 13.6. The van der Waals surface area contributed by atoms with Crippen molar-refractivity contribution in [1.29, 1.82) is 0 Å². The third-order valence-electron chi connectivity index (χ3n) is 4.88. The highest BCUT2D eigenvalue weighted by Crippen LogP contribution is 2.17. The fourth-order valence-electron chi connectivity index (χ4n) is 3.22. The molecule has 1 aromatic carbocycles. The number of nitrogens with zero attached hydrogens (tertiary/aromatic N) is 2. The monoisotopic (exact) mass is 538 g/mol. The van der Waals surface area contributed by atoms with Crippen LogP contribution in [0.4, 0.5) is 0 Å². The molecule has 0 aromatic heterocycles. The van der Waals surface area contributed by atoms with Crippen molar-refractivity contribution in [2.45, 2.75) is 32.8 Å². The lowest BCUT2D eigenvalue weighted by atomic mass is 9.97. The highest BCUT2D eigenvalue weighted by atomic mass is 127. The van der Waals surface area contributed by atoms with Gasteiger partial charge in [-0.3, -0.25) is 0 Å². The van der Waals surface area contributed by atoms with Crippen LogP contribution in [0.1, 0.15) is 26.7 Å². The molecule has 0 spiro atoms. The zero-order valence-electron chi connectivity index (χ0n) is 17.8. The molecule has 6 nitrogen and oxygen atoms in total. The van der Waals surface area contributed by atoms with Crippen LogP contribution in [-0.2, 0) is 4.74 Å². The molecule has 2 N–H and O–H groups in total. The molecule has 166 valence electrons. The number of halogens is 2. The minimum Gasteiger partial charge on any atom is -0.489 e. The van der Waals surface area contributed by atoms with Crippen LogP contribution < -0.4 is 15.4 Å². The van der Waals surface area contributed by atoms with Crippen molar-refractivity contribution in [3.8, 4) is 5.75 Å². The highest BCUT2D eigenvalue weighted by molar-refractivity contribution is 14.0. The molecule has 0 aliphatic carbocycles. The Balaban J connectivity index is 0.00000420. The van der Waals surface area contributed by atoms with Gasteiger partial charge in [-0.15, -0.1) is 24.0 Å². The third kappa shape index (κ3) is 10.7. The zero-order chi connectivity index (χ0) is 20.2. The van der Waals surface area contributed by atoms with E-state index in [0.29, 0.717) is 17.5 Å². The number of benzene rings is 1. The summed E-state index contributed by atoms with van der Waals surface area (Å²) in [5.74, 6) is 2.35. The molecule has 29 heavy (non-hydrogen) atoms. The van der Waals surface area contributed by atoms with E-state index in [2.05, 4.69) is 27.4 Å². The van der Waals surface area contributed by atoms with Gasteiger partial charge < -0.3 is 25.0 Å². The molecule has 1 aliphatic rings. The number of hydrogen-bond acceptors (Lipinski definition) is 4. The molecule has 1 fully saturated rings. The second-order valence-corrected chi connectivity index (χ2v) is 7.70.